The SMILES string of the molecule is CCN1C(=O)CCC1C(=O)NCc1ccc(F)cc1C(F)(F)F. The van der Waals surface area contributed by atoms with Gasteiger partial charge >= 0.3 is 6.18 Å². The van der Waals surface area contributed by atoms with Crippen LogP contribution in [0.3, 0.4) is 0 Å². The van der Waals surface area contributed by atoms with Crippen molar-refractivity contribution in [2.24, 2.45) is 0 Å². The zero-order valence-electron chi connectivity index (χ0n) is 12.4. The molecule has 1 fully saturated rings. The molecule has 2 amide bonds. The van der Waals surface area contributed by atoms with Gasteiger partial charge in [-0.1, -0.05) is 6.07 Å². The number of likely N-dealkylation sites (N-methyl/N-ethyl adjacent to an activating group) is 1. The van der Waals surface area contributed by atoms with E-state index in [4.69, 9.17) is 0 Å². The second kappa shape index (κ2) is 6.55. The lowest BCUT2D eigenvalue weighted by atomic mass is 10.1. The molecule has 8 heteroatoms. The van der Waals surface area contributed by atoms with E-state index in [2.05, 4.69) is 5.32 Å². The number of amides is 2. The molecule has 0 spiro atoms. The van der Waals surface area contributed by atoms with Crippen molar-refractivity contribution in [2.45, 2.75) is 38.5 Å². The third kappa shape index (κ3) is 3.80. The number of hydrogen-bond acceptors (Lipinski definition) is 2. The Labute approximate surface area is 130 Å². The van der Waals surface area contributed by atoms with Crippen LogP contribution in [0.4, 0.5) is 17.6 Å². The van der Waals surface area contributed by atoms with Crippen LogP contribution in [0.5, 0.6) is 0 Å². The normalized spacial score (nSPS) is 18.4. The van der Waals surface area contributed by atoms with Crippen molar-refractivity contribution >= 4 is 11.8 Å². The Bertz CT molecular complexity index is 616. The van der Waals surface area contributed by atoms with Crippen molar-refractivity contribution in [3.8, 4) is 0 Å². The highest BCUT2D eigenvalue weighted by Gasteiger charge is 2.36. The summed E-state index contributed by atoms with van der Waals surface area (Å²) in [5, 5.41) is 2.40. The molecule has 1 aromatic carbocycles. The summed E-state index contributed by atoms with van der Waals surface area (Å²) in [6.45, 7) is 1.71. The highest BCUT2D eigenvalue weighted by molar-refractivity contribution is 5.90. The number of nitrogens with zero attached hydrogens (tertiary/aromatic N) is 1. The van der Waals surface area contributed by atoms with E-state index in [0.29, 0.717) is 19.0 Å². The molecule has 4 nitrogen and oxygen atoms in total. The Morgan fingerprint density at radius 2 is 2.09 bits per heavy atom. The summed E-state index contributed by atoms with van der Waals surface area (Å²) in [5.41, 5.74) is -1.34. The summed E-state index contributed by atoms with van der Waals surface area (Å²) in [6, 6.07) is 1.64. The number of benzene rings is 1. The summed E-state index contributed by atoms with van der Waals surface area (Å²) in [5.74, 6) is -1.65. The predicted molar refractivity (Wildman–Crippen MR) is 73.7 cm³/mol. The molecule has 0 aliphatic carbocycles. The number of halogens is 4. The highest BCUT2D eigenvalue weighted by atomic mass is 19.4. The lowest BCUT2D eigenvalue weighted by Gasteiger charge is -2.22. The fraction of sp³-hybridized carbons (Fsp3) is 0.467. The largest absolute Gasteiger partial charge is 0.416 e. The third-order valence-electron chi connectivity index (χ3n) is 3.80. The summed E-state index contributed by atoms with van der Waals surface area (Å²) >= 11 is 0. The van der Waals surface area contributed by atoms with Crippen LogP contribution in [-0.2, 0) is 22.3 Å². The van der Waals surface area contributed by atoms with E-state index in [0.717, 1.165) is 12.1 Å². The molecule has 1 aliphatic rings. The number of carbonyl (C=O) groups excluding carboxylic acids is 2. The van der Waals surface area contributed by atoms with E-state index in [1.165, 1.54) is 4.90 Å². The van der Waals surface area contributed by atoms with Crippen LogP contribution in [0.25, 0.3) is 0 Å². The van der Waals surface area contributed by atoms with Crippen LogP contribution in [0.15, 0.2) is 18.2 Å². The van der Waals surface area contributed by atoms with Gasteiger partial charge in [0.1, 0.15) is 11.9 Å². The van der Waals surface area contributed by atoms with Crippen molar-refractivity contribution < 1.29 is 27.2 Å². The van der Waals surface area contributed by atoms with Crippen LogP contribution in [0.1, 0.15) is 30.9 Å². The van der Waals surface area contributed by atoms with E-state index in [9.17, 15) is 27.2 Å². The van der Waals surface area contributed by atoms with E-state index < -0.39 is 29.5 Å². The predicted octanol–water partition coefficient (Wildman–Crippen LogP) is 2.47. The topological polar surface area (TPSA) is 49.4 Å². The first-order chi connectivity index (χ1) is 10.7. The van der Waals surface area contributed by atoms with Gasteiger partial charge in [-0.2, -0.15) is 13.2 Å². The van der Waals surface area contributed by atoms with Crippen LogP contribution >= 0.6 is 0 Å². The number of nitrogens with one attached hydrogen (secondary N) is 1. The maximum atomic E-state index is 13.0. The van der Waals surface area contributed by atoms with Crippen LogP contribution in [-0.4, -0.2) is 29.3 Å². The highest BCUT2D eigenvalue weighted by Crippen LogP contribution is 2.32. The lowest BCUT2D eigenvalue weighted by molar-refractivity contribution is -0.138. The second-order valence-electron chi connectivity index (χ2n) is 5.25. The van der Waals surface area contributed by atoms with Gasteiger partial charge in [0, 0.05) is 19.5 Å². The van der Waals surface area contributed by atoms with Gasteiger partial charge in [0.15, 0.2) is 0 Å². The fourth-order valence-electron chi connectivity index (χ4n) is 2.67. The van der Waals surface area contributed by atoms with E-state index >= 15 is 0 Å². The van der Waals surface area contributed by atoms with Gasteiger partial charge in [-0.15, -0.1) is 0 Å². The second-order valence-corrected chi connectivity index (χ2v) is 5.25. The van der Waals surface area contributed by atoms with Gasteiger partial charge < -0.3 is 10.2 Å². The minimum absolute atomic E-state index is 0.148. The summed E-state index contributed by atoms with van der Waals surface area (Å²) in [7, 11) is 0. The molecule has 1 saturated heterocycles. The fourth-order valence-corrected chi connectivity index (χ4v) is 2.67. The number of rotatable bonds is 4. The first-order valence-corrected chi connectivity index (χ1v) is 7.16. The van der Waals surface area contributed by atoms with Crippen molar-refractivity contribution in [2.75, 3.05) is 6.54 Å². The van der Waals surface area contributed by atoms with Crippen LogP contribution in [0, 0.1) is 5.82 Å². The standard InChI is InChI=1S/C15H16F4N2O2/c1-2-21-12(5-6-13(21)22)14(23)20-8-9-3-4-10(16)7-11(9)15(17,18)19/h3-4,7,12H,2,5-6,8H2,1H3,(H,20,23). The molecule has 1 N–H and O–H groups in total. The maximum Gasteiger partial charge on any atom is 0.416 e. The molecule has 2 rings (SSSR count). The quantitative estimate of drug-likeness (QED) is 0.861. The Balaban J connectivity index is 2.09. The first kappa shape index (κ1) is 17.2. The molecule has 0 saturated carbocycles. The van der Waals surface area contributed by atoms with Gasteiger partial charge in [-0.25, -0.2) is 4.39 Å². The molecule has 1 unspecified atom stereocenters. The molecule has 1 heterocycles. The molecule has 23 heavy (non-hydrogen) atoms. The van der Waals surface area contributed by atoms with Crippen molar-refractivity contribution in [1.82, 2.24) is 10.2 Å². The first-order valence-electron chi connectivity index (χ1n) is 7.16. The zero-order valence-corrected chi connectivity index (χ0v) is 12.4. The number of alkyl halides is 3. The summed E-state index contributed by atoms with van der Waals surface area (Å²) < 4.78 is 51.7. The molecular formula is C15H16F4N2O2. The van der Waals surface area contributed by atoms with Gasteiger partial charge in [-0.05, 0) is 31.0 Å². The monoisotopic (exact) mass is 332 g/mol. The smallest absolute Gasteiger partial charge is 0.350 e. The number of hydrogen-bond donors (Lipinski definition) is 1. The summed E-state index contributed by atoms with van der Waals surface area (Å²) in [4.78, 5) is 25.1. The van der Waals surface area contributed by atoms with Crippen molar-refractivity contribution in [1.29, 1.82) is 0 Å². The molecule has 1 aromatic rings. The number of likely N-dealkylation sites (tertiary alicyclic amines) is 1. The lowest BCUT2D eigenvalue weighted by Crippen LogP contribution is -2.44. The maximum absolute atomic E-state index is 13.0. The van der Waals surface area contributed by atoms with E-state index in [-0.39, 0.29) is 24.4 Å². The van der Waals surface area contributed by atoms with Crippen LogP contribution < -0.4 is 5.32 Å². The van der Waals surface area contributed by atoms with Gasteiger partial charge in [0.2, 0.25) is 11.8 Å². The minimum atomic E-state index is -4.71. The van der Waals surface area contributed by atoms with E-state index in [1.807, 2.05) is 0 Å². The van der Waals surface area contributed by atoms with Crippen molar-refractivity contribution in [3.05, 3.63) is 35.1 Å². The van der Waals surface area contributed by atoms with E-state index in [1.54, 1.807) is 6.92 Å². The Kier molecular flexibility index (Phi) is 4.91. The van der Waals surface area contributed by atoms with Crippen molar-refractivity contribution in [3.63, 3.8) is 0 Å². The number of carbonyl (C=O) groups is 2. The Morgan fingerprint density at radius 1 is 1.39 bits per heavy atom. The minimum Gasteiger partial charge on any atom is -0.350 e. The van der Waals surface area contributed by atoms with Gasteiger partial charge in [0.25, 0.3) is 0 Å². The molecule has 0 aromatic heterocycles. The Hall–Kier alpha value is -2.12. The zero-order chi connectivity index (χ0) is 17.2. The average molecular weight is 332 g/mol. The molecule has 126 valence electrons. The summed E-state index contributed by atoms with van der Waals surface area (Å²) in [6.07, 6.45) is -4.12. The molecular weight excluding hydrogens is 316 g/mol. The average Bonchev–Trinajstić information content (AvgIpc) is 2.85. The van der Waals surface area contributed by atoms with Crippen LogP contribution in [0.2, 0.25) is 0 Å². The van der Waals surface area contributed by atoms with Gasteiger partial charge in [-0.3, -0.25) is 9.59 Å². The molecule has 0 radical (unpaired) electrons. The molecule has 1 aliphatic heterocycles. The third-order valence-corrected chi connectivity index (χ3v) is 3.80. The molecule has 0 bridgehead atoms. The van der Waals surface area contributed by atoms with Gasteiger partial charge in [0.05, 0.1) is 5.56 Å². The molecule has 1 atom stereocenters. The Morgan fingerprint density at radius 3 is 2.70 bits per heavy atom.